The molecule has 1 aromatic carbocycles. The molecule has 156 valence electrons. The van der Waals surface area contributed by atoms with Crippen molar-refractivity contribution in [2.75, 3.05) is 19.8 Å². The van der Waals surface area contributed by atoms with Gasteiger partial charge in [0.15, 0.2) is 12.4 Å². The lowest BCUT2D eigenvalue weighted by Crippen LogP contribution is -2.44. The molecule has 2 aliphatic rings. The van der Waals surface area contributed by atoms with E-state index in [1.165, 1.54) is 4.90 Å². The molecule has 1 heterocycles. The third-order valence-corrected chi connectivity index (χ3v) is 5.32. The molecule has 1 spiro atoms. The van der Waals surface area contributed by atoms with Crippen LogP contribution in [-0.4, -0.2) is 53.9 Å². The van der Waals surface area contributed by atoms with E-state index in [9.17, 15) is 19.2 Å². The van der Waals surface area contributed by atoms with Crippen LogP contribution < -0.4 is 10.1 Å². The summed E-state index contributed by atoms with van der Waals surface area (Å²) in [5.74, 6) is -0.370. The van der Waals surface area contributed by atoms with Gasteiger partial charge in [-0.2, -0.15) is 0 Å². The Bertz CT molecular complexity index is 783. The maximum absolute atomic E-state index is 12.5. The molecular formula is C21H26N2O6. The lowest BCUT2D eigenvalue weighted by molar-refractivity contribution is -0.143. The number of urea groups is 1. The minimum absolute atomic E-state index is 0.0284. The Labute approximate surface area is 169 Å². The molecule has 1 N–H and O–H groups in total. The number of carbonyl (C=O) groups is 4. The van der Waals surface area contributed by atoms with Gasteiger partial charge in [-0.1, -0.05) is 12.8 Å². The smallest absolute Gasteiger partial charge is 0.325 e. The Hall–Kier alpha value is -2.90. The summed E-state index contributed by atoms with van der Waals surface area (Å²) in [4.78, 5) is 49.8. The maximum atomic E-state index is 12.5. The summed E-state index contributed by atoms with van der Waals surface area (Å²) in [6, 6.07) is 6.23. The largest absolute Gasteiger partial charge is 0.494 e. The van der Waals surface area contributed by atoms with Crippen LogP contribution in [0, 0.1) is 0 Å². The Balaban J connectivity index is 1.39. The fourth-order valence-electron chi connectivity index (χ4n) is 3.78. The third kappa shape index (κ3) is 4.75. The molecule has 1 aliphatic carbocycles. The number of imide groups is 1. The highest BCUT2D eigenvalue weighted by molar-refractivity contribution is 6.07. The van der Waals surface area contributed by atoms with Gasteiger partial charge in [-0.05, 0) is 50.5 Å². The van der Waals surface area contributed by atoms with Crippen molar-refractivity contribution in [1.29, 1.82) is 0 Å². The van der Waals surface area contributed by atoms with Crippen molar-refractivity contribution in [2.24, 2.45) is 0 Å². The number of Topliss-reactive ketones (excluding diaryl/α,β-unsaturated/α-hetero) is 1. The van der Waals surface area contributed by atoms with E-state index in [2.05, 4.69) is 5.32 Å². The average Bonchev–Trinajstić information content (AvgIpc) is 3.27. The number of ketones is 1. The van der Waals surface area contributed by atoms with E-state index in [1.54, 1.807) is 24.3 Å². The zero-order valence-corrected chi connectivity index (χ0v) is 16.6. The van der Waals surface area contributed by atoms with Crippen LogP contribution in [0.5, 0.6) is 5.75 Å². The summed E-state index contributed by atoms with van der Waals surface area (Å²) in [6.07, 6.45) is 3.52. The predicted octanol–water partition coefficient (Wildman–Crippen LogP) is 2.46. The van der Waals surface area contributed by atoms with Gasteiger partial charge in [-0.25, -0.2) is 4.79 Å². The number of esters is 1. The number of nitrogens with one attached hydrogen (secondary N) is 1. The van der Waals surface area contributed by atoms with Crippen molar-refractivity contribution < 1.29 is 28.7 Å². The monoisotopic (exact) mass is 402 g/mol. The van der Waals surface area contributed by atoms with Crippen molar-refractivity contribution in [1.82, 2.24) is 10.2 Å². The summed E-state index contributed by atoms with van der Waals surface area (Å²) in [5.41, 5.74) is -0.302. The van der Waals surface area contributed by atoms with Crippen LogP contribution in [0.1, 0.15) is 55.8 Å². The average molecular weight is 402 g/mol. The Morgan fingerprint density at radius 1 is 1.14 bits per heavy atom. The number of hydrogen-bond donors (Lipinski definition) is 1. The second kappa shape index (κ2) is 9.07. The molecule has 0 radical (unpaired) electrons. The van der Waals surface area contributed by atoms with Gasteiger partial charge in [0, 0.05) is 18.5 Å². The summed E-state index contributed by atoms with van der Waals surface area (Å²) < 4.78 is 10.3. The first-order valence-electron chi connectivity index (χ1n) is 10.0. The second-order valence-corrected chi connectivity index (χ2v) is 7.32. The molecule has 2 fully saturated rings. The maximum Gasteiger partial charge on any atom is 0.325 e. The molecule has 0 bridgehead atoms. The predicted molar refractivity (Wildman–Crippen MR) is 104 cm³/mol. The van der Waals surface area contributed by atoms with Crippen LogP contribution in [0.2, 0.25) is 0 Å². The lowest BCUT2D eigenvalue weighted by Gasteiger charge is -2.19. The van der Waals surface area contributed by atoms with Gasteiger partial charge in [-0.15, -0.1) is 0 Å². The quantitative estimate of drug-likeness (QED) is 0.387. The SMILES string of the molecule is CCOc1ccc(C(=O)COC(=O)CCCN2C(=O)NC3(CCCC3)C2=O)cc1. The van der Waals surface area contributed by atoms with Crippen molar-refractivity contribution in [3.8, 4) is 5.75 Å². The van der Waals surface area contributed by atoms with Crippen LogP contribution in [0.4, 0.5) is 4.79 Å². The lowest BCUT2D eigenvalue weighted by atomic mass is 9.98. The van der Waals surface area contributed by atoms with E-state index in [0.717, 1.165) is 12.8 Å². The molecule has 0 unspecified atom stereocenters. The minimum atomic E-state index is -0.734. The first-order chi connectivity index (χ1) is 13.9. The van der Waals surface area contributed by atoms with Crippen LogP contribution in [0.25, 0.3) is 0 Å². The summed E-state index contributed by atoms with van der Waals surface area (Å²) in [5, 5.41) is 2.80. The molecule has 29 heavy (non-hydrogen) atoms. The van der Waals surface area contributed by atoms with Gasteiger partial charge in [0.25, 0.3) is 5.91 Å². The molecule has 0 atom stereocenters. The van der Waals surface area contributed by atoms with Crippen LogP contribution in [-0.2, 0) is 14.3 Å². The number of rotatable bonds is 9. The van der Waals surface area contributed by atoms with Gasteiger partial charge >= 0.3 is 12.0 Å². The van der Waals surface area contributed by atoms with Gasteiger partial charge in [0.2, 0.25) is 0 Å². The number of carbonyl (C=O) groups excluding carboxylic acids is 4. The first-order valence-corrected chi connectivity index (χ1v) is 10.0. The standard InChI is InChI=1S/C21H26N2O6/c1-2-28-16-9-7-15(8-10-16)17(24)14-29-18(25)6-5-13-23-19(26)21(22-20(23)27)11-3-4-12-21/h7-10H,2-6,11-14H2,1H3,(H,22,27). The van der Waals surface area contributed by atoms with Crippen molar-refractivity contribution in [3.05, 3.63) is 29.8 Å². The number of hydrogen-bond acceptors (Lipinski definition) is 6. The molecule has 3 amide bonds. The zero-order valence-electron chi connectivity index (χ0n) is 16.6. The van der Waals surface area contributed by atoms with Gasteiger partial charge < -0.3 is 14.8 Å². The van der Waals surface area contributed by atoms with Gasteiger partial charge in [0.05, 0.1) is 6.61 Å². The second-order valence-electron chi connectivity index (χ2n) is 7.32. The van der Waals surface area contributed by atoms with Crippen LogP contribution in [0.15, 0.2) is 24.3 Å². The highest BCUT2D eigenvalue weighted by Gasteiger charge is 2.52. The number of ether oxygens (including phenoxy) is 2. The first kappa shape index (κ1) is 20.8. The van der Waals surface area contributed by atoms with E-state index in [1.807, 2.05) is 6.92 Å². The third-order valence-electron chi connectivity index (χ3n) is 5.32. The molecule has 1 saturated heterocycles. The molecule has 3 rings (SSSR count). The Kier molecular flexibility index (Phi) is 6.51. The molecule has 1 saturated carbocycles. The molecule has 0 aromatic heterocycles. The van der Waals surface area contributed by atoms with Crippen molar-refractivity contribution >= 4 is 23.7 Å². The van der Waals surface area contributed by atoms with E-state index < -0.39 is 17.5 Å². The van der Waals surface area contributed by atoms with E-state index >= 15 is 0 Å². The Morgan fingerprint density at radius 2 is 1.83 bits per heavy atom. The summed E-state index contributed by atoms with van der Waals surface area (Å²) >= 11 is 0. The molecule has 8 nitrogen and oxygen atoms in total. The summed E-state index contributed by atoms with van der Waals surface area (Å²) in [7, 11) is 0. The van der Waals surface area contributed by atoms with E-state index in [-0.39, 0.29) is 31.3 Å². The van der Waals surface area contributed by atoms with Crippen LogP contribution in [0.3, 0.4) is 0 Å². The summed E-state index contributed by atoms with van der Waals surface area (Å²) in [6.45, 7) is 2.22. The normalized spacial score (nSPS) is 17.5. The van der Waals surface area contributed by atoms with Crippen molar-refractivity contribution in [3.63, 3.8) is 0 Å². The topological polar surface area (TPSA) is 102 Å². The molecule has 8 heteroatoms. The fraction of sp³-hybridized carbons (Fsp3) is 0.524. The number of benzene rings is 1. The molecule has 1 aromatic rings. The molecular weight excluding hydrogens is 376 g/mol. The van der Waals surface area contributed by atoms with Gasteiger partial charge in [0.1, 0.15) is 11.3 Å². The fourth-order valence-corrected chi connectivity index (χ4v) is 3.78. The zero-order chi connectivity index (χ0) is 20.9. The Morgan fingerprint density at radius 3 is 2.48 bits per heavy atom. The minimum Gasteiger partial charge on any atom is -0.494 e. The van der Waals surface area contributed by atoms with Crippen molar-refractivity contribution in [2.45, 2.75) is 51.0 Å². The van der Waals surface area contributed by atoms with Crippen LogP contribution >= 0.6 is 0 Å². The highest BCUT2D eigenvalue weighted by atomic mass is 16.5. The highest BCUT2D eigenvalue weighted by Crippen LogP contribution is 2.35. The van der Waals surface area contributed by atoms with E-state index in [0.29, 0.717) is 37.2 Å². The number of nitrogens with zero attached hydrogens (tertiary/aromatic N) is 1. The number of amides is 3. The van der Waals surface area contributed by atoms with Gasteiger partial charge in [-0.3, -0.25) is 19.3 Å². The molecule has 1 aliphatic heterocycles. The van der Waals surface area contributed by atoms with E-state index in [4.69, 9.17) is 9.47 Å².